The number of nitro groups is 1. The van der Waals surface area contributed by atoms with Gasteiger partial charge in [-0.05, 0) is 12.1 Å². The molecule has 0 aromatic heterocycles. The molecule has 0 aliphatic carbocycles. The molecule has 0 bridgehead atoms. The average Bonchev–Trinajstić information content (AvgIpc) is 2.48. The lowest BCUT2D eigenvalue weighted by Gasteiger charge is -2.43. The SMILES string of the molecule is CC(C)(CO)[C@@H](c1cc(O)ccc1[N+](=O)[O-])N1CCNCC1.Cl. The molecule has 3 N–H and O–H groups in total. The molecule has 130 valence electrons. The first-order valence-corrected chi connectivity index (χ1v) is 7.40. The molecule has 0 radical (unpaired) electrons. The Hall–Kier alpha value is -1.41. The summed E-state index contributed by atoms with van der Waals surface area (Å²) in [7, 11) is 0. The van der Waals surface area contributed by atoms with E-state index in [1.54, 1.807) is 0 Å². The van der Waals surface area contributed by atoms with Crippen molar-refractivity contribution in [1.82, 2.24) is 10.2 Å². The maximum Gasteiger partial charge on any atom is 0.274 e. The molecule has 0 spiro atoms. The Bertz CT molecular complexity index is 548. The highest BCUT2D eigenvalue weighted by Crippen LogP contribution is 2.43. The second-order valence-electron chi connectivity index (χ2n) is 6.34. The zero-order valence-corrected chi connectivity index (χ0v) is 14.2. The van der Waals surface area contributed by atoms with E-state index in [9.17, 15) is 20.3 Å². The first kappa shape index (κ1) is 19.6. The van der Waals surface area contributed by atoms with E-state index in [4.69, 9.17) is 0 Å². The van der Waals surface area contributed by atoms with Gasteiger partial charge in [0.15, 0.2) is 0 Å². The molecule has 1 aliphatic heterocycles. The normalized spacial score (nSPS) is 17.3. The van der Waals surface area contributed by atoms with E-state index in [1.165, 1.54) is 18.2 Å². The predicted octanol–water partition coefficient (Wildman–Crippen LogP) is 1.69. The van der Waals surface area contributed by atoms with E-state index in [0.29, 0.717) is 5.56 Å². The number of nitrogens with one attached hydrogen (secondary N) is 1. The number of hydrogen-bond donors (Lipinski definition) is 3. The van der Waals surface area contributed by atoms with Gasteiger partial charge >= 0.3 is 0 Å². The molecule has 23 heavy (non-hydrogen) atoms. The summed E-state index contributed by atoms with van der Waals surface area (Å²) >= 11 is 0. The van der Waals surface area contributed by atoms with Crippen molar-refractivity contribution in [2.75, 3.05) is 32.8 Å². The van der Waals surface area contributed by atoms with E-state index in [0.717, 1.165) is 26.2 Å². The van der Waals surface area contributed by atoms with Gasteiger partial charge in [0.1, 0.15) is 5.75 Å². The third-order valence-electron chi connectivity index (χ3n) is 4.17. The molecule has 7 nitrogen and oxygen atoms in total. The van der Waals surface area contributed by atoms with Crippen LogP contribution in [0.4, 0.5) is 5.69 Å². The fourth-order valence-corrected chi connectivity index (χ4v) is 3.07. The summed E-state index contributed by atoms with van der Waals surface area (Å²) in [5.41, 5.74) is -0.149. The summed E-state index contributed by atoms with van der Waals surface area (Å²) in [6.07, 6.45) is 0. The van der Waals surface area contributed by atoms with Crippen molar-refractivity contribution in [1.29, 1.82) is 0 Å². The standard InChI is InChI=1S/C15H23N3O4.ClH/c1-15(2,10-19)14(17-7-5-16-6-8-17)12-9-11(20)3-4-13(12)18(21)22;/h3-4,9,14,16,19-20H,5-8,10H2,1-2H3;1H/t14-;/m1./s1. The highest BCUT2D eigenvalue weighted by atomic mass is 35.5. The third-order valence-corrected chi connectivity index (χ3v) is 4.17. The van der Waals surface area contributed by atoms with Crippen LogP contribution in [-0.2, 0) is 0 Å². The molecular formula is C15H24ClN3O4. The monoisotopic (exact) mass is 345 g/mol. The molecule has 1 aromatic rings. The number of halogens is 1. The molecule has 1 aromatic carbocycles. The Morgan fingerprint density at radius 3 is 2.52 bits per heavy atom. The molecule has 1 fully saturated rings. The summed E-state index contributed by atoms with van der Waals surface area (Å²) in [5.74, 6) is -0.00512. The Morgan fingerprint density at radius 1 is 1.39 bits per heavy atom. The van der Waals surface area contributed by atoms with Crippen molar-refractivity contribution >= 4 is 18.1 Å². The number of piperazine rings is 1. The number of nitro benzene ring substituents is 1. The number of aromatic hydroxyl groups is 1. The van der Waals surface area contributed by atoms with Gasteiger partial charge in [-0.25, -0.2) is 0 Å². The molecule has 1 atom stereocenters. The largest absolute Gasteiger partial charge is 0.508 e. The van der Waals surface area contributed by atoms with E-state index < -0.39 is 10.3 Å². The summed E-state index contributed by atoms with van der Waals surface area (Å²) in [4.78, 5) is 13.1. The van der Waals surface area contributed by atoms with Gasteiger partial charge in [-0.3, -0.25) is 15.0 Å². The van der Waals surface area contributed by atoms with E-state index in [-0.39, 0.29) is 36.5 Å². The fourth-order valence-electron chi connectivity index (χ4n) is 3.07. The van der Waals surface area contributed by atoms with Crippen molar-refractivity contribution in [2.45, 2.75) is 19.9 Å². The van der Waals surface area contributed by atoms with Crippen LogP contribution in [0.15, 0.2) is 18.2 Å². The van der Waals surface area contributed by atoms with E-state index in [1.807, 2.05) is 13.8 Å². The highest BCUT2D eigenvalue weighted by Gasteiger charge is 2.39. The first-order chi connectivity index (χ1) is 10.4. The van der Waals surface area contributed by atoms with E-state index in [2.05, 4.69) is 10.2 Å². The number of rotatable bonds is 5. The van der Waals surface area contributed by atoms with Gasteiger partial charge in [-0.1, -0.05) is 13.8 Å². The van der Waals surface area contributed by atoms with E-state index >= 15 is 0 Å². The predicted molar refractivity (Wildman–Crippen MR) is 90.1 cm³/mol. The number of aliphatic hydroxyl groups excluding tert-OH is 1. The number of nitrogens with zero attached hydrogens (tertiary/aromatic N) is 2. The van der Waals surface area contributed by atoms with Crippen molar-refractivity contribution in [2.24, 2.45) is 5.41 Å². The van der Waals surface area contributed by atoms with Crippen molar-refractivity contribution in [3.63, 3.8) is 0 Å². The molecule has 8 heteroatoms. The Labute approximate surface area is 141 Å². The molecule has 0 saturated carbocycles. The van der Waals surface area contributed by atoms with Crippen LogP contribution in [0.2, 0.25) is 0 Å². The maximum atomic E-state index is 11.4. The van der Waals surface area contributed by atoms with Crippen LogP contribution in [0.25, 0.3) is 0 Å². The van der Waals surface area contributed by atoms with Gasteiger partial charge in [-0.15, -0.1) is 12.4 Å². The average molecular weight is 346 g/mol. The molecule has 0 unspecified atom stereocenters. The van der Waals surface area contributed by atoms with Gasteiger partial charge in [0.2, 0.25) is 0 Å². The number of hydrogen-bond acceptors (Lipinski definition) is 6. The third kappa shape index (κ3) is 4.32. The van der Waals surface area contributed by atoms with Crippen LogP contribution in [0, 0.1) is 15.5 Å². The Balaban J connectivity index is 0.00000264. The molecule has 1 heterocycles. The first-order valence-electron chi connectivity index (χ1n) is 7.40. The van der Waals surface area contributed by atoms with Crippen LogP contribution >= 0.6 is 12.4 Å². The quantitative estimate of drug-likeness (QED) is 0.555. The second-order valence-corrected chi connectivity index (χ2v) is 6.34. The minimum atomic E-state index is -0.574. The molecular weight excluding hydrogens is 322 g/mol. The maximum absolute atomic E-state index is 11.4. The summed E-state index contributed by atoms with van der Waals surface area (Å²) in [6, 6.07) is 3.75. The lowest BCUT2D eigenvalue weighted by Crippen LogP contribution is -2.49. The molecule has 0 amide bonds. The minimum Gasteiger partial charge on any atom is -0.508 e. The zero-order chi connectivity index (χ0) is 16.3. The van der Waals surface area contributed by atoms with Crippen LogP contribution in [0.3, 0.4) is 0 Å². The number of benzene rings is 1. The van der Waals surface area contributed by atoms with Crippen LogP contribution in [0.1, 0.15) is 25.5 Å². The van der Waals surface area contributed by atoms with Gasteiger partial charge in [0.25, 0.3) is 5.69 Å². The highest BCUT2D eigenvalue weighted by molar-refractivity contribution is 5.85. The Kier molecular flexibility index (Phi) is 6.76. The van der Waals surface area contributed by atoms with Gasteiger partial charge in [0.05, 0.1) is 10.5 Å². The summed E-state index contributed by atoms with van der Waals surface area (Å²) in [6.45, 7) is 6.73. The van der Waals surface area contributed by atoms with Crippen LogP contribution < -0.4 is 5.32 Å². The smallest absolute Gasteiger partial charge is 0.274 e. The molecule has 2 rings (SSSR count). The zero-order valence-electron chi connectivity index (χ0n) is 13.4. The minimum absolute atomic E-state index is 0. The van der Waals surface area contributed by atoms with Crippen molar-refractivity contribution in [3.05, 3.63) is 33.9 Å². The number of aliphatic hydroxyl groups is 1. The van der Waals surface area contributed by atoms with Gasteiger partial charge < -0.3 is 15.5 Å². The Morgan fingerprint density at radius 2 is 2.00 bits per heavy atom. The van der Waals surface area contributed by atoms with Gasteiger partial charge in [0, 0.05) is 50.3 Å². The summed E-state index contributed by atoms with van der Waals surface area (Å²) < 4.78 is 0. The second kappa shape index (κ2) is 7.92. The lowest BCUT2D eigenvalue weighted by atomic mass is 9.79. The molecule has 1 saturated heterocycles. The lowest BCUT2D eigenvalue weighted by molar-refractivity contribution is -0.386. The van der Waals surface area contributed by atoms with Gasteiger partial charge in [-0.2, -0.15) is 0 Å². The van der Waals surface area contributed by atoms with Crippen molar-refractivity contribution in [3.8, 4) is 5.75 Å². The number of phenols is 1. The topological polar surface area (TPSA) is 98.9 Å². The molecule has 1 aliphatic rings. The summed E-state index contributed by atoms with van der Waals surface area (Å²) in [5, 5.41) is 34.2. The van der Waals surface area contributed by atoms with Crippen LogP contribution in [-0.4, -0.2) is 52.8 Å². The van der Waals surface area contributed by atoms with Crippen LogP contribution in [0.5, 0.6) is 5.75 Å². The van der Waals surface area contributed by atoms with Crippen molar-refractivity contribution < 1.29 is 15.1 Å². The number of phenolic OH excluding ortho intramolecular Hbond substituents is 1. The fraction of sp³-hybridized carbons (Fsp3) is 0.600.